The Kier molecular flexibility index (Phi) is 12.4. The third kappa shape index (κ3) is 7.13. The average Bonchev–Trinajstić information content (AvgIpc) is 1.65. The van der Waals surface area contributed by atoms with Gasteiger partial charge in [-0.1, -0.05) is 6.58 Å². The molecule has 0 unspecified atom stereocenters. The van der Waals surface area contributed by atoms with Crippen molar-refractivity contribution < 1.29 is 15.0 Å². The monoisotopic (exact) mass is 135 g/mol. The van der Waals surface area contributed by atoms with E-state index < -0.39 is 0 Å². The van der Waals surface area contributed by atoms with Crippen LogP contribution in [-0.4, -0.2) is 18.6 Å². The summed E-state index contributed by atoms with van der Waals surface area (Å²) in [6.45, 7) is 4.95. The molecular weight excluding hydrogens is 122 g/mol. The lowest BCUT2D eigenvalue weighted by Crippen LogP contribution is -1.98. The maximum absolute atomic E-state index is 10.2. The third-order valence-corrected chi connectivity index (χ3v) is 0.534. The number of ether oxygens (including phenoxy) is 1. The Hall–Kier alpha value is -0.870. The van der Waals surface area contributed by atoms with Crippen LogP contribution in [-0.2, 0) is 9.53 Å². The van der Waals surface area contributed by atoms with Gasteiger partial charge in [0.05, 0.1) is 7.11 Å². The third-order valence-electron chi connectivity index (χ3n) is 0.534. The van der Waals surface area contributed by atoms with Crippen molar-refractivity contribution in [3.8, 4) is 0 Å². The van der Waals surface area contributed by atoms with Crippen LogP contribution in [0.25, 0.3) is 0 Å². The van der Waals surface area contributed by atoms with E-state index in [4.69, 9.17) is 0 Å². The molecule has 0 aliphatic rings. The molecule has 0 saturated carbocycles. The quantitative estimate of drug-likeness (QED) is 0.407. The Labute approximate surface area is 54.4 Å². The molecule has 0 saturated heterocycles. The van der Waals surface area contributed by atoms with Gasteiger partial charge in [-0.2, -0.15) is 0 Å². The van der Waals surface area contributed by atoms with E-state index in [9.17, 15) is 4.79 Å². The molecule has 0 atom stereocenters. The van der Waals surface area contributed by atoms with Gasteiger partial charge in [-0.25, -0.2) is 4.79 Å². The standard InChI is InChI=1S/C5H8O2.H3N.H2O/c1-4(2)5(6)7-3;;/h1H2,2-3H3;1H3;1H2. The number of carbonyl (C=O) groups excluding carboxylic acids is 1. The average molecular weight is 135 g/mol. The normalized spacial score (nSPS) is 6.00. The van der Waals surface area contributed by atoms with E-state index in [1.807, 2.05) is 0 Å². The highest BCUT2D eigenvalue weighted by Gasteiger charge is 1.95. The summed E-state index contributed by atoms with van der Waals surface area (Å²) in [5.41, 5.74) is 0.433. The van der Waals surface area contributed by atoms with E-state index in [2.05, 4.69) is 11.3 Å². The number of hydrogen-bond acceptors (Lipinski definition) is 3. The summed E-state index contributed by atoms with van der Waals surface area (Å²) in [7, 11) is 1.33. The predicted molar refractivity (Wildman–Crippen MR) is 35.5 cm³/mol. The molecule has 56 valence electrons. The molecule has 9 heavy (non-hydrogen) atoms. The fourth-order valence-electron chi connectivity index (χ4n) is 0.174. The summed E-state index contributed by atoms with van der Waals surface area (Å²) < 4.78 is 4.27. The predicted octanol–water partition coefficient (Wildman–Crippen LogP) is 0.0728. The molecule has 0 aromatic rings. The van der Waals surface area contributed by atoms with Crippen molar-refractivity contribution in [2.75, 3.05) is 7.11 Å². The fraction of sp³-hybridized carbons (Fsp3) is 0.400. The Morgan fingerprint density at radius 1 is 1.56 bits per heavy atom. The van der Waals surface area contributed by atoms with Gasteiger partial charge in [0.25, 0.3) is 0 Å². The molecule has 0 bridgehead atoms. The number of methoxy groups -OCH3 is 1. The van der Waals surface area contributed by atoms with Crippen molar-refractivity contribution in [3.63, 3.8) is 0 Å². The van der Waals surface area contributed by atoms with Crippen molar-refractivity contribution >= 4 is 5.97 Å². The lowest BCUT2D eigenvalue weighted by atomic mass is 10.4. The van der Waals surface area contributed by atoms with Crippen LogP contribution >= 0.6 is 0 Å². The second-order valence-corrected chi connectivity index (χ2v) is 1.27. The zero-order valence-corrected chi connectivity index (χ0v) is 5.73. The molecule has 0 aliphatic carbocycles. The van der Waals surface area contributed by atoms with Gasteiger partial charge in [0, 0.05) is 5.57 Å². The van der Waals surface area contributed by atoms with Crippen LogP contribution in [0.15, 0.2) is 12.2 Å². The van der Waals surface area contributed by atoms with Gasteiger partial charge in [0.1, 0.15) is 0 Å². The van der Waals surface area contributed by atoms with Gasteiger partial charge in [-0.05, 0) is 6.92 Å². The molecule has 0 aromatic carbocycles. The molecule has 0 amide bonds. The SMILES string of the molecule is C=C(C)C(=O)OC.N.O. The van der Waals surface area contributed by atoms with E-state index in [1.165, 1.54) is 7.11 Å². The highest BCUT2D eigenvalue weighted by atomic mass is 16.5. The summed E-state index contributed by atoms with van der Waals surface area (Å²) in [5, 5.41) is 0. The first kappa shape index (κ1) is 15.7. The highest BCUT2D eigenvalue weighted by Crippen LogP contribution is 1.87. The summed E-state index contributed by atoms with van der Waals surface area (Å²) in [6, 6.07) is 0. The second kappa shape index (κ2) is 7.13. The topological polar surface area (TPSA) is 92.8 Å². The van der Waals surface area contributed by atoms with E-state index in [0.29, 0.717) is 5.57 Å². The van der Waals surface area contributed by atoms with Crippen molar-refractivity contribution in [3.05, 3.63) is 12.2 Å². The molecule has 0 aliphatic heterocycles. The molecule has 0 radical (unpaired) electrons. The molecule has 0 aromatic heterocycles. The van der Waals surface area contributed by atoms with Crippen LogP contribution in [0.1, 0.15) is 6.92 Å². The lowest BCUT2D eigenvalue weighted by Gasteiger charge is -1.91. The Morgan fingerprint density at radius 3 is 1.89 bits per heavy atom. The van der Waals surface area contributed by atoms with Crippen molar-refractivity contribution in [2.45, 2.75) is 6.92 Å². The van der Waals surface area contributed by atoms with Crippen LogP contribution in [0.3, 0.4) is 0 Å². The Balaban J connectivity index is -0.000000180. The lowest BCUT2D eigenvalue weighted by molar-refractivity contribution is -0.136. The maximum atomic E-state index is 10.2. The largest absolute Gasteiger partial charge is 0.466 e. The zero-order valence-electron chi connectivity index (χ0n) is 5.73. The van der Waals surface area contributed by atoms with E-state index >= 15 is 0 Å². The molecule has 0 spiro atoms. The molecular formula is C5H13NO3. The van der Waals surface area contributed by atoms with Gasteiger partial charge in [0.15, 0.2) is 0 Å². The first-order valence-electron chi connectivity index (χ1n) is 1.92. The summed E-state index contributed by atoms with van der Waals surface area (Å²) >= 11 is 0. The molecule has 0 heterocycles. The number of hydrogen-bond donors (Lipinski definition) is 1. The van der Waals surface area contributed by atoms with Crippen LogP contribution in [0, 0.1) is 0 Å². The first-order chi connectivity index (χ1) is 3.18. The molecule has 4 nitrogen and oxygen atoms in total. The van der Waals surface area contributed by atoms with E-state index in [0.717, 1.165) is 0 Å². The maximum Gasteiger partial charge on any atom is 0.332 e. The number of carbonyl (C=O) groups is 1. The highest BCUT2D eigenvalue weighted by molar-refractivity contribution is 5.86. The fourth-order valence-corrected chi connectivity index (χ4v) is 0.174. The van der Waals surface area contributed by atoms with Crippen LogP contribution in [0.4, 0.5) is 0 Å². The smallest absolute Gasteiger partial charge is 0.332 e. The minimum Gasteiger partial charge on any atom is -0.466 e. The van der Waals surface area contributed by atoms with E-state index in [1.54, 1.807) is 6.92 Å². The molecule has 0 rings (SSSR count). The van der Waals surface area contributed by atoms with Crippen molar-refractivity contribution in [1.82, 2.24) is 6.15 Å². The Bertz CT molecular complexity index is 100. The number of esters is 1. The number of rotatable bonds is 1. The van der Waals surface area contributed by atoms with Gasteiger partial charge in [-0.15, -0.1) is 0 Å². The van der Waals surface area contributed by atoms with Gasteiger partial charge in [0.2, 0.25) is 0 Å². The molecule has 4 heteroatoms. The van der Waals surface area contributed by atoms with Crippen LogP contribution < -0.4 is 6.15 Å². The van der Waals surface area contributed by atoms with Gasteiger partial charge < -0.3 is 16.4 Å². The zero-order chi connectivity index (χ0) is 5.86. The molecule has 0 fully saturated rings. The van der Waals surface area contributed by atoms with Crippen molar-refractivity contribution in [1.29, 1.82) is 0 Å². The second-order valence-electron chi connectivity index (χ2n) is 1.27. The van der Waals surface area contributed by atoms with Crippen LogP contribution in [0.2, 0.25) is 0 Å². The van der Waals surface area contributed by atoms with Gasteiger partial charge in [-0.3, -0.25) is 0 Å². The van der Waals surface area contributed by atoms with E-state index in [-0.39, 0.29) is 17.6 Å². The minimum atomic E-state index is -0.347. The first-order valence-corrected chi connectivity index (χ1v) is 1.92. The minimum absolute atomic E-state index is 0. The summed E-state index contributed by atoms with van der Waals surface area (Å²) in [4.78, 5) is 10.2. The summed E-state index contributed by atoms with van der Waals surface area (Å²) in [6.07, 6.45) is 0. The van der Waals surface area contributed by atoms with Gasteiger partial charge >= 0.3 is 5.97 Å². The Morgan fingerprint density at radius 2 is 1.89 bits per heavy atom. The summed E-state index contributed by atoms with van der Waals surface area (Å²) in [5.74, 6) is -0.347. The van der Waals surface area contributed by atoms with Crippen molar-refractivity contribution in [2.24, 2.45) is 0 Å². The van der Waals surface area contributed by atoms with Crippen LogP contribution in [0.5, 0.6) is 0 Å². The molecule has 5 N–H and O–H groups in total.